The molecule has 0 fully saturated rings. The van der Waals surface area contributed by atoms with Crippen LogP contribution in [0.4, 0.5) is 4.79 Å². The van der Waals surface area contributed by atoms with Crippen LogP contribution in [0.25, 0.3) is 0 Å². The molecule has 0 saturated heterocycles. The van der Waals surface area contributed by atoms with E-state index in [-0.39, 0.29) is 6.23 Å². The Hall–Kier alpha value is -0.770. The van der Waals surface area contributed by atoms with Gasteiger partial charge in [-0.25, -0.2) is 4.79 Å². The average Bonchev–Trinajstić information content (AvgIpc) is 1.63. The third kappa shape index (κ3) is 3.78. The van der Waals surface area contributed by atoms with Crippen molar-refractivity contribution < 1.29 is 9.53 Å². The predicted molar refractivity (Wildman–Crippen MR) is 33.8 cm³/mol. The molecule has 0 aromatic rings. The Morgan fingerprint density at radius 2 is 2.11 bits per heavy atom. The number of rotatable bonds is 2. The molecular weight excluding hydrogens is 120 g/mol. The lowest BCUT2D eigenvalue weighted by Gasteiger charge is -2.17. The van der Waals surface area contributed by atoms with Crippen molar-refractivity contribution >= 4 is 6.09 Å². The molecule has 0 heterocycles. The van der Waals surface area contributed by atoms with E-state index in [9.17, 15) is 4.79 Å². The molecule has 1 amide bonds. The summed E-state index contributed by atoms with van der Waals surface area (Å²) in [5.74, 6) is 0. The van der Waals surface area contributed by atoms with E-state index in [0.717, 1.165) is 0 Å². The fraction of sp³-hybridized carbons (Fsp3) is 0.800. The third-order valence-electron chi connectivity index (χ3n) is 1.01. The van der Waals surface area contributed by atoms with Crippen molar-refractivity contribution in [2.75, 3.05) is 14.1 Å². The van der Waals surface area contributed by atoms with E-state index < -0.39 is 6.09 Å². The molecule has 1 atom stereocenters. The molecule has 9 heavy (non-hydrogen) atoms. The van der Waals surface area contributed by atoms with Crippen molar-refractivity contribution in [2.45, 2.75) is 13.2 Å². The SMILES string of the molecule is CC(OC(N)=O)N(C)C. The van der Waals surface area contributed by atoms with Gasteiger partial charge >= 0.3 is 6.09 Å². The molecule has 0 aromatic carbocycles. The zero-order valence-electron chi connectivity index (χ0n) is 5.92. The largest absolute Gasteiger partial charge is 0.431 e. The molecule has 0 aliphatic carbocycles. The molecule has 1 unspecified atom stereocenters. The highest BCUT2D eigenvalue weighted by molar-refractivity contribution is 5.64. The molecule has 4 heteroatoms. The number of hydrogen-bond acceptors (Lipinski definition) is 3. The smallest absolute Gasteiger partial charge is 0.406 e. The van der Waals surface area contributed by atoms with Crippen LogP contribution in [0.5, 0.6) is 0 Å². The van der Waals surface area contributed by atoms with Crippen LogP contribution in [-0.4, -0.2) is 31.3 Å². The first-order valence-electron chi connectivity index (χ1n) is 2.66. The first-order valence-corrected chi connectivity index (χ1v) is 2.66. The normalized spacial score (nSPS) is 13.3. The minimum Gasteiger partial charge on any atom is -0.431 e. The highest BCUT2D eigenvalue weighted by Gasteiger charge is 2.05. The molecular formula is C5H12N2O2. The molecule has 0 radical (unpaired) electrons. The fourth-order valence-electron chi connectivity index (χ4n) is 0.274. The Balaban J connectivity index is 3.50. The highest BCUT2D eigenvalue weighted by atomic mass is 16.6. The van der Waals surface area contributed by atoms with Gasteiger partial charge in [0, 0.05) is 0 Å². The van der Waals surface area contributed by atoms with Gasteiger partial charge in [0.25, 0.3) is 0 Å². The highest BCUT2D eigenvalue weighted by Crippen LogP contribution is 1.91. The quantitative estimate of drug-likeness (QED) is 0.537. The number of amides is 1. The van der Waals surface area contributed by atoms with Crippen molar-refractivity contribution in [3.63, 3.8) is 0 Å². The number of primary amides is 1. The van der Waals surface area contributed by atoms with Crippen LogP contribution in [0, 0.1) is 0 Å². The van der Waals surface area contributed by atoms with E-state index in [4.69, 9.17) is 5.73 Å². The molecule has 0 spiro atoms. The van der Waals surface area contributed by atoms with E-state index in [1.54, 1.807) is 25.9 Å². The van der Waals surface area contributed by atoms with Gasteiger partial charge in [-0.2, -0.15) is 0 Å². The lowest BCUT2D eigenvalue weighted by atomic mass is 10.6. The van der Waals surface area contributed by atoms with Gasteiger partial charge in [-0.15, -0.1) is 0 Å². The van der Waals surface area contributed by atoms with Crippen molar-refractivity contribution in [2.24, 2.45) is 5.73 Å². The van der Waals surface area contributed by atoms with Gasteiger partial charge in [0.2, 0.25) is 0 Å². The second-order valence-electron chi connectivity index (χ2n) is 2.00. The van der Waals surface area contributed by atoms with Crippen molar-refractivity contribution in [1.29, 1.82) is 0 Å². The van der Waals surface area contributed by atoms with Crippen LogP contribution < -0.4 is 5.73 Å². The maximum atomic E-state index is 10.1. The molecule has 0 aromatic heterocycles. The summed E-state index contributed by atoms with van der Waals surface area (Å²) in [6.07, 6.45) is -0.987. The summed E-state index contributed by atoms with van der Waals surface area (Å²) in [5.41, 5.74) is 4.74. The zero-order chi connectivity index (χ0) is 7.44. The Labute approximate surface area is 54.6 Å². The Morgan fingerprint density at radius 3 is 2.22 bits per heavy atom. The Morgan fingerprint density at radius 1 is 1.67 bits per heavy atom. The fourth-order valence-corrected chi connectivity index (χ4v) is 0.274. The molecule has 0 bridgehead atoms. The van der Waals surface area contributed by atoms with Crippen LogP contribution in [0.15, 0.2) is 0 Å². The van der Waals surface area contributed by atoms with E-state index in [1.165, 1.54) is 0 Å². The molecule has 0 aliphatic rings. The number of nitrogens with zero attached hydrogens (tertiary/aromatic N) is 1. The van der Waals surface area contributed by atoms with Crippen molar-refractivity contribution in [1.82, 2.24) is 4.90 Å². The van der Waals surface area contributed by atoms with Gasteiger partial charge in [-0.05, 0) is 21.0 Å². The monoisotopic (exact) mass is 132 g/mol. The van der Waals surface area contributed by atoms with E-state index in [1.807, 2.05) is 0 Å². The topological polar surface area (TPSA) is 55.6 Å². The van der Waals surface area contributed by atoms with Gasteiger partial charge in [0.05, 0.1) is 0 Å². The van der Waals surface area contributed by atoms with Crippen molar-refractivity contribution in [3.05, 3.63) is 0 Å². The summed E-state index contributed by atoms with van der Waals surface area (Å²) < 4.78 is 4.58. The second-order valence-corrected chi connectivity index (χ2v) is 2.00. The summed E-state index contributed by atoms with van der Waals surface area (Å²) in [7, 11) is 3.60. The van der Waals surface area contributed by atoms with Gasteiger partial charge in [0.15, 0.2) is 6.23 Å². The van der Waals surface area contributed by atoms with Gasteiger partial charge < -0.3 is 10.5 Å². The van der Waals surface area contributed by atoms with Gasteiger partial charge in [-0.1, -0.05) is 0 Å². The summed E-state index contributed by atoms with van der Waals surface area (Å²) >= 11 is 0. The minimum atomic E-state index is -0.740. The Kier molecular flexibility index (Phi) is 3.01. The van der Waals surface area contributed by atoms with E-state index in [2.05, 4.69) is 4.74 Å². The van der Waals surface area contributed by atoms with E-state index in [0.29, 0.717) is 0 Å². The summed E-state index contributed by atoms with van der Waals surface area (Å²) in [4.78, 5) is 11.8. The lowest BCUT2D eigenvalue weighted by molar-refractivity contribution is 0.0327. The zero-order valence-corrected chi connectivity index (χ0v) is 5.92. The molecule has 54 valence electrons. The maximum absolute atomic E-state index is 10.1. The minimum absolute atomic E-state index is 0.248. The molecule has 0 rings (SSSR count). The van der Waals surface area contributed by atoms with Crippen molar-refractivity contribution in [3.8, 4) is 0 Å². The summed E-state index contributed by atoms with van der Waals surface area (Å²) in [6, 6.07) is 0. The molecule has 2 N–H and O–H groups in total. The molecule has 4 nitrogen and oxygen atoms in total. The maximum Gasteiger partial charge on any atom is 0.406 e. The molecule has 0 saturated carbocycles. The summed E-state index contributed by atoms with van der Waals surface area (Å²) in [6.45, 7) is 1.74. The van der Waals surface area contributed by atoms with Crippen LogP contribution in [0.3, 0.4) is 0 Å². The molecule has 0 aliphatic heterocycles. The van der Waals surface area contributed by atoms with E-state index >= 15 is 0 Å². The number of carbonyl (C=O) groups excluding carboxylic acids is 1. The van der Waals surface area contributed by atoms with Gasteiger partial charge in [0.1, 0.15) is 0 Å². The van der Waals surface area contributed by atoms with Crippen LogP contribution in [0.1, 0.15) is 6.92 Å². The summed E-state index contributed by atoms with van der Waals surface area (Å²) in [5, 5.41) is 0. The number of carbonyl (C=O) groups is 1. The van der Waals surface area contributed by atoms with Crippen LogP contribution >= 0.6 is 0 Å². The first-order chi connectivity index (χ1) is 4.04. The van der Waals surface area contributed by atoms with Crippen LogP contribution in [0.2, 0.25) is 0 Å². The number of ether oxygens (including phenoxy) is 1. The number of hydrogen-bond donors (Lipinski definition) is 1. The standard InChI is InChI=1S/C5H12N2O2/c1-4(7(2)3)9-5(6)8/h4H,1-3H3,(H2,6,8). The number of nitrogens with two attached hydrogens (primary N) is 1. The average molecular weight is 132 g/mol. The predicted octanol–water partition coefficient (Wildman–Crippen LogP) is -0.0107. The van der Waals surface area contributed by atoms with Gasteiger partial charge in [-0.3, -0.25) is 4.90 Å². The third-order valence-corrected chi connectivity index (χ3v) is 1.01. The first kappa shape index (κ1) is 8.23. The Bertz CT molecular complexity index is 103. The lowest BCUT2D eigenvalue weighted by Crippen LogP contribution is -2.31. The second kappa shape index (κ2) is 3.29. The van der Waals surface area contributed by atoms with Crippen LogP contribution in [-0.2, 0) is 4.74 Å².